The average molecular weight is 355 g/mol. The molecule has 0 bridgehead atoms. The minimum Gasteiger partial charge on any atom is -0.144 e. The number of rotatable bonds is 3. The van der Waals surface area contributed by atoms with Crippen LogP contribution in [0.15, 0.2) is 18.2 Å². The van der Waals surface area contributed by atoms with Crippen molar-refractivity contribution in [2.45, 2.75) is 50.3 Å². The van der Waals surface area contributed by atoms with E-state index in [2.05, 4.69) is 41.1 Å². The molecule has 0 saturated carbocycles. The molecule has 1 unspecified atom stereocenters. The summed E-state index contributed by atoms with van der Waals surface area (Å²) >= 11 is 7.88. The molecule has 0 N–H and O–H groups in total. The molecular weight excluding hydrogens is 336 g/mol. The van der Waals surface area contributed by atoms with Crippen LogP contribution in [0.5, 0.6) is 0 Å². The molecule has 1 aliphatic carbocycles. The van der Waals surface area contributed by atoms with E-state index in [-0.39, 0.29) is 0 Å². The van der Waals surface area contributed by atoms with Gasteiger partial charge in [0.1, 0.15) is 0 Å². The molecule has 0 saturated heterocycles. The number of hydrogen-bond acceptors (Lipinski definition) is 2. The van der Waals surface area contributed by atoms with Crippen molar-refractivity contribution in [2.24, 2.45) is 0 Å². The first-order chi connectivity index (χ1) is 9.28. The van der Waals surface area contributed by atoms with Crippen LogP contribution in [0.2, 0.25) is 0 Å². The third-order valence-electron chi connectivity index (χ3n) is 3.80. The molecule has 0 spiro atoms. The maximum absolute atomic E-state index is 3.90. The number of fused-ring (bicyclic) bond motifs is 1. The largest absolute Gasteiger partial charge is 0.144 e. The summed E-state index contributed by atoms with van der Waals surface area (Å²) in [5.41, 5.74) is 1.62. The molecule has 2 aromatic rings. The third-order valence-corrected chi connectivity index (χ3v) is 7.99. The summed E-state index contributed by atoms with van der Waals surface area (Å²) in [6.45, 7) is 2.23. The van der Waals surface area contributed by atoms with Crippen LogP contribution in [0.1, 0.15) is 56.1 Å². The van der Waals surface area contributed by atoms with Crippen LogP contribution >= 0.6 is 38.6 Å². The van der Waals surface area contributed by atoms with E-state index >= 15 is 0 Å². The molecular formula is C16H19BrS2. The van der Waals surface area contributed by atoms with Crippen molar-refractivity contribution >= 4 is 38.6 Å². The first-order valence-electron chi connectivity index (χ1n) is 7.12. The van der Waals surface area contributed by atoms with E-state index in [1.165, 1.54) is 46.7 Å². The summed E-state index contributed by atoms with van der Waals surface area (Å²) in [5.74, 6) is 0. The molecule has 102 valence electrons. The van der Waals surface area contributed by atoms with Gasteiger partial charge in [0.15, 0.2) is 0 Å². The summed E-state index contributed by atoms with van der Waals surface area (Å²) in [7, 11) is 0. The highest BCUT2D eigenvalue weighted by Gasteiger charge is 2.19. The molecule has 0 nitrogen and oxygen atoms in total. The molecule has 1 atom stereocenters. The van der Waals surface area contributed by atoms with E-state index in [9.17, 15) is 0 Å². The highest BCUT2D eigenvalue weighted by Crippen LogP contribution is 2.41. The van der Waals surface area contributed by atoms with Gasteiger partial charge in [0.25, 0.3) is 0 Å². The minimum absolute atomic E-state index is 0.398. The second-order valence-corrected chi connectivity index (χ2v) is 8.46. The number of thiophene rings is 2. The monoisotopic (exact) mass is 354 g/mol. The third kappa shape index (κ3) is 2.98. The van der Waals surface area contributed by atoms with Gasteiger partial charge in [0.05, 0.1) is 4.83 Å². The Morgan fingerprint density at radius 3 is 2.74 bits per heavy atom. The second kappa shape index (κ2) is 6.11. The zero-order valence-corrected chi connectivity index (χ0v) is 14.5. The smallest absolute Gasteiger partial charge is 0.0831 e. The Morgan fingerprint density at radius 1 is 1.11 bits per heavy atom. The lowest BCUT2D eigenvalue weighted by Gasteiger charge is -2.04. The van der Waals surface area contributed by atoms with E-state index in [0.717, 1.165) is 6.42 Å². The molecule has 2 heterocycles. The van der Waals surface area contributed by atoms with Crippen molar-refractivity contribution in [3.63, 3.8) is 0 Å². The SMILES string of the molecule is CCc1ccc(C(Br)c2cc3c(s2)CCCCC3)s1. The van der Waals surface area contributed by atoms with Gasteiger partial charge in [-0.05, 0) is 55.9 Å². The number of halogens is 1. The molecule has 2 aromatic heterocycles. The number of hydrogen-bond donors (Lipinski definition) is 0. The van der Waals surface area contributed by atoms with Gasteiger partial charge >= 0.3 is 0 Å². The molecule has 0 radical (unpaired) electrons. The second-order valence-electron chi connectivity index (χ2n) is 5.18. The van der Waals surface area contributed by atoms with Crippen molar-refractivity contribution in [1.29, 1.82) is 0 Å². The highest BCUT2D eigenvalue weighted by molar-refractivity contribution is 9.09. The standard InChI is InChI=1S/C16H19BrS2/c1-2-12-8-9-14(18-12)16(17)15-10-11-6-4-3-5-7-13(11)19-15/h8-10,16H,2-7H2,1H3. The predicted molar refractivity (Wildman–Crippen MR) is 90.0 cm³/mol. The zero-order chi connectivity index (χ0) is 13.2. The Bertz CT molecular complexity index is 529. The van der Waals surface area contributed by atoms with E-state index in [1.54, 1.807) is 10.4 Å². The summed E-state index contributed by atoms with van der Waals surface area (Å²) in [6.07, 6.45) is 7.87. The van der Waals surface area contributed by atoms with Gasteiger partial charge in [0, 0.05) is 19.5 Å². The molecule has 0 fully saturated rings. The van der Waals surface area contributed by atoms with E-state index in [0.29, 0.717) is 4.83 Å². The van der Waals surface area contributed by atoms with E-state index in [1.807, 2.05) is 22.7 Å². The molecule has 0 aliphatic heterocycles. The van der Waals surface area contributed by atoms with Crippen LogP contribution in [0.3, 0.4) is 0 Å². The quantitative estimate of drug-likeness (QED) is 0.459. The molecule has 1 aliphatic rings. The van der Waals surface area contributed by atoms with Crippen molar-refractivity contribution in [1.82, 2.24) is 0 Å². The lowest BCUT2D eigenvalue weighted by Crippen LogP contribution is -1.85. The fraction of sp³-hybridized carbons (Fsp3) is 0.500. The predicted octanol–water partition coefficient (Wildman–Crippen LogP) is 6.13. The summed E-state index contributed by atoms with van der Waals surface area (Å²) in [5, 5.41) is 0. The van der Waals surface area contributed by atoms with Crippen LogP contribution < -0.4 is 0 Å². The van der Waals surface area contributed by atoms with Crippen molar-refractivity contribution in [3.8, 4) is 0 Å². The first kappa shape index (κ1) is 13.8. The van der Waals surface area contributed by atoms with Gasteiger partial charge in [-0.1, -0.05) is 29.3 Å². The maximum Gasteiger partial charge on any atom is 0.0831 e. The fourth-order valence-corrected chi connectivity index (χ4v) is 5.80. The van der Waals surface area contributed by atoms with Gasteiger partial charge in [0.2, 0.25) is 0 Å². The number of alkyl halides is 1. The first-order valence-corrected chi connectivity index (χ1v) is 9.67. The van der Waals surface area contributed by atoms with Gasteiger partial charge < -0.3 is 0 Å². The van der Waals surface area contributed by atoms with Crippen LogP contribution in [0.25, 0.3) is 0 Å². The molecule has 3 rings (SSSR count). The van der Waals surface area contributed by atoms with Gasteiger partial charge in [-0.3, -0.25) is 0 Å². The van der Waals surface area contributed by atoms with Crippen LogP contribution in [-0.2, 0) is 19.3 Å². The normalized spacial score (nSPS) is 16.9. The Hall–Kier alpha value is -0.120. The summed E-state index contributed by atoms with van der Waals surface area (Å²) in [6, 6.07) is 7.01. The summed E-state index contributed by atoms with van der Waals surface area (Å²) in [4.78, 5) is 6.47. The van der Waals surface area contributed by atoms with Crippen LogP contribution in [-0.4, -0.2) is 0 Å². The lowest BCUT2D eigenvalue weighted by atomic mass is 10.1. The van der Waals surface area contributed by atoms with Crippen molar-refractivity contribution in [2.75, 3.05) is 0 Å². The Balaban J connectivity index is 1.85. The highest BCUT2D eigenvalue weighted by atomic mass is 79.9. The maximum atomic E-state index is 3.90. The molecule has 19 heavy (non-hydrogen) atoms. The molecule has 0 aromatic carbocycles. The van der Waals surface area contributed by atoms with Crippen LogP contribution in [0.4, 0.5) is 0 Å². The molecule has 3 heteroatoms. The fourth-order valence-electron chi connectivity index (χ4n) is 2.68. The minimum atomic E-state index is 0.398. The Morgan fingerprint density at radius 2 is 1.95 bits per heavy atom. The van der Waals surface area contributed by atoms with Gasteiger partial charge in [-0.25, -0.2) is 0 Å². The number of aryl methyl sites for hydroxylation is 3. The Kier molecular flexibility index (Phi) is 4.45. The molecule has 0 amide bonds. The van der Waals surface area contributed by atoms with E-state index in [4.69, 9.17) is 0 Å². The van der Waals surface area contributed by atoms with E-state index < -0.39 is 0 Å². The van der Waals surface area contributed by atoms with Gasteiger partial charge in [-0.15, -0.1) is 22.7 Å². The van der Waals surface area contributed by atoms with Crippen LogP contribution in [0, 0.1) is 0 Å². The topological polar surface area (TPSA) is 0 Å². The summed E-state index contributed by atoms with van der Waals surface area (Å²) < 4.78 is 0. The lowest BCUT2D eigenvalue weighted by molar-refractivity contribution is 0.712. The van der Waals surface area contributed by atoms with Gasteiger partial charge in [-0.2, -0.15) is 0 Å². The zero-order valence-electron chi connectivity index (χ0n) is 11.2. The average Bonchev–Trinajstić information content (AvgIpc) is 3.00. The van der Waals surface area contributed by atoms with Crippen molar-refractivity contribution < 1.29 is 0 Å². The van der Waals surface area contributed by atoms with Crippen molar-refractivity contribution in [3.05, 3.63) is 43.3 Å². The Labute approximate surface area is 132 Å².